The van der Waals surface area contributed by atoms with Gasteiger partial charge in [0.05, 0.1) is 18.4 Å². The Bertz CT molecular complexity index is 990. The van der Waals surface area contributed by atoms with Gasteiger partial charge in [0, 0.05) is 17.9 Å². The number of carbonyl (C=O) groups is 1. The van der Waals surface area contributed by atoms with Crippen LogP contribution in [0.4, 0.5) is 0 Å². The fraction of sp³-hybridized carbons (Fsp3) is 0.211. The molecule has 2 aromatic carbocycles. The molecule has 0 radical (unpaired) electrons. The summed E-state index contributed by atoms with van der Waals surface area (Å²) in [5.41, 5.74) is 6.54. The average molecular weight is 335 g/mol. The normalized spacial score (nSPS) is 17.3. The van der Waals surface area contributed by atoms with Gasteiger partial charge >= 0.3 is 0 Å². The quantitative estimate of drug-likeness (QED) is 0.796. The molecule has 1 N–H and O–H groups in total. The molecule has 1 aliphatic heterocycles. The van der Waals surface area contributed by atoms with Crippen molar-refractivity contribution >= 4 is 22.7 Å². The summed E-state index contributed by atoms with van der Waals surface area (Å²) in [5, 5.41) is 4.20. The third-order valence-corrected chi connectivity index (χ3v) is 4.28. The van der Waals surface area contributed by atoms with E-state index in [-0.39, 0.29) is 11.8 Å². The zero-order valence-corrected chi connectivity index (χ0v) is 13.9. The number of methoxy groups -OCH3 is 1. The number of ether oxygens (including phenoxy) is 1. The van der Waals surface area contributed by atoms with Gasteiger partial charge in [0.15, 0.2) is 5.58 Å². The van der Waals surface area contributed by atoms with Crippen molar-refractivity contribution in [3.8, 4) is 17.2 Å². The topological polar surface area (TPSA) is 76.7 Å². The molecule has 0 saturated carbocycles. The zero-order valence-electron chi connectivity index (χ0n) is 13.9. The molecule has 2 heterocycles. The maximum absolute atomic E-state index is 11.4. The van der Waals surface area contributed by atoms with Gasteiger partial charge < -0.3 is 9.15 Å². The number of hydrogen-bond donors (Lipinski definition) is 1. The smallest absolute Gasteiger partial charge is 0.240 e. The standard InChI is InChI=1S/C19H17N3O3/c1-11-9-17(23)21-22-18(11)12-7-8-14-16(10-12)25-19(20-14)13-5-3-4-6-15(13)24-2/h3-8,10-11H,9H2,1-2H3,(H,21,23). The third-order valence-electron chi connectivity index (χ3n) is 4.28. The zero-order chi connectivity index (χ0) is 17.4. The Morgan fingerprint density at radius 1 is 1.24 bits per heavy atom. The second-order valence-electron chi connectivity index (χ2n) is 6.04. The summed E-state index contributed by atoms with van der Waals surface area (Å²) in [6, 6.07) is 13.4. The van der Waals surface area contributed by atoms with E-state index in [2.05, 4.69) is 15.5 Å². The number of hydrogen-bond acceptors (Lipinski definition) is 5. The Morgan fingerprint density at radius 2 is 2.08 bits per heavy atom. The minimum absolute atomic E-state index is 0.0582. The SMILES string of the molecule is COc1ccccc1-c1nc2ccc(C3=NNC(=O)CC3C)cc2o1. The molecule has 25 heavy (non-hydrogen) atoms. The van der Waals surface area contributed by atoms with Crippen LogP contribution in [0.25, 0.3) is 22.6 Å². The summed E-state index contributed by atoms with van der Waals surface area (Å²) in [6.45, 7) is 1.99. The lowest BCUT2D eigenvalue weighted by Crippen LogP contribution is -2.31. The fourth-order valence-electron chi connectivity index (χ4n) is 3.02. The van der Waals surface area contributed by atoms with Crippen LogP contribution in [0, 0.1) is 5.92 Å². The lowest BCUT2D eigenvalue weighted by atomic mass is 9.94. The Labute approximate surface area is 144 Å². The molecule has 0 fully saturated rings. The molecule has 0 aliphatic carbocycles. The van der Waals surface area contributed by atoms with Gasteiger partial charge in [-0.1, -0.05) is 25.1 Å². The van der Waals surface area contributed by atoms with Crippen molar-refractivity contribution in [3.63, 3.8) is 0 Å². The Balaban J connectivity index is 1.76. The molecule has 1 unspecified atom stereocenters. The maximum atomic E-state index is 11.4. The largest absolute Gasteiger partial charge is 0.496 e. The summed E-state index contributed by atoms with van der Waals surface area (Å²) in [4.78, 5) is 16.0. The first-order chi connectivity index (χ1) is 12.2. The number of rotatable bonds is 3. The Hall–Kier alpha value is -3.15. The van der Waals surface area contributed by atoms with Crippen LogP contribution in [0.1, 0.15) is 18.9 Å². The van der Waals surface area contributed by atoms with E-state index >= 15 is 0 Å². The number of hydrazone groups is 1. The molecule has 1 aromatic heterocycles. The van der Waals surface area contributed by atoms with Crippen molar-refractivity contribution in [3.05, 3.63) is 48.0 Å². The average Bonchev–Trinajstić information content (AvgIpc) is 3.04. The van der Waals surface area contributed by atoms with E-state index in [1.165, 1.54) is 0 Å². The number of para-hydroxylation sites is 1. The number of aromatic nitrogens is 1. The number of nitrogens with one attached hydrogen (secondary N) is 1. The predicted octanol–water partition coefficient (Wildman–Crippen LogP) is 3.36. The van der Waals surface area contributed by atoms with E-state index in [4.69, 9.17) is 9.15 Å². The highest BCUT2D eigenvalue weighted by molar-refractivity contribution is 6.07. The first-order valence-electron chi connectivity index (χ1n) is 8.06. The van der Waals surface area contributed by atoms with Gasteiger partial charge in [-0.3, -0.25) is 4.79 Å². The van der Waals surface area contributed by atoms with Crippen LogP contribution in [0.15, 0.2) is 52.0 Å². The molecule has 1 aliphatic rings. The van der Waals surface area contributed by atoms with E-state index in [1.54, 1.807) is 7.11 Å². The fourth-order valence-corrected chi connectivity index (χ4v) is 3.02. The molecule has 1 amide bonds. The van der Waals surface area contributed by atoms with Gasteiger partial charge in [-0.15, -0.1) is 0 Å². The number of amides is 1. The van der Waals surface area contributed by atoms with Crippen molar-refractivity contribution < 1.29 is 13.9 Å². The van der Waals surface area contributed by atoms with Gasteiger partial charge in [0.25, 0.3) is 0 Å². The Morgan fingerprint density at radius 3 is 2.88 bits per heavy atom. The monoisotopic (exact) mass is 335 g/mol. The van der Waals surface area contributed by atoms with Crippen molar-refractivity contribution in [1.29, 1.82) is 0 Å². The van der Waals surface area contributed by atoms with E-state index in [9.17, 15) is 4.79 Å². The molecule has 6 nitrogen and oxygen atoms in total. The predicted molar refractivity (Wildman–Crippen MR) is 94.5 cm³/mol. The van der Waals surface area contributed by atoms with Crippen LogP contribution in [-0.4, -0.2) is 23.7 Å². The van der Waals surface area contributed by atoms with Gasteiger partial charge in [-0.25, -0.2) is 10.4 Å². The third kappa shape index (κ3) is 2.76. The molecular formula is C19H17N3O3. The second-order valence-corrected chi connectivity index (χ2v) is 6.04. The summed E-state index contributed by atoms with van der Waals surface area (Å²) < 4.78 is 11.3. The van der Waals surface area contributed by atoms with Gasteiger partial charge in [0.2, 0.25) is 11.8 Å². The first-order valence-corrected chi connectivity index (χ1v) is 8.06. The van der Waals surface area contributed by atoms with Gasteiger partial charge in [-0.05, 0) is 24.3 Å². The summed E-state index contributed by atoms with van der Waals surface area (Å²) in [5.74, 6) is 1.22. The maximum Gasteiger partial charge on any atom is 0.240 e. The first kappa shape index (κ1) is 15.4. The van der Waals surface area contributed by atoms with Crippen LogP contribution in [0.3, 0.4) is 0 Å². The minimum atomic E-state index is -0.0598. The number of fused-ring (bicyclic) bond motifs is 1. The summed E-state index contributed by atoms with van der Waals surface area (Å²) >= 11 is 0. The number of carbonyl (C=O) groups excluding carboxylic acids is 1. The molecule has 1 atom stereocenters. The van der Waals surface area contributed by atoms with E-state index in [1.807, 2.05) is 49.4 Å². The number of nitrogens with zero attached hydrogens (tertiary/aromatic N) is 2. The van der Waals surface area contributed by atoms with Crippen LogP contribution in [-0.2, 0) is 4.79 Å². The van der Waals surface area contributed by atoms with Crippen LogP contribution in [0.5, 0.6) is 5.75 Å². The lowest BCUT2D eigenvalue weighted by molar-refractivity contribution is -0.121. The molecular weight excluding hydrogens is 318 g/mol. The van der Waals surface area contributed by atoms with Gasteiger partial charge in [0.1, 0.15) is 11.3 Å². The van der Waals surface area contributed by atoms with Gasteiger partial charge in [-0.2, -0.15) is 5.10 Å². The van der Waals surface area contributed by atoms with E-state index < -0.39 is 0 Å². The van der Waals surface area contributed by atoms with Crippen LogP contribution >= 0.6 is 0 Å². The number of oxazole rings is 1. The molecule has 4 rings (SSSR count). The molecule has 0 saturated heterocycles. The summed E-state index contributed by atoms with van der Waals surface area (Å²) in [7, 11) is 1.62. The number of benzene rings is 2. The Kier molecular flexibility index (Phi) is 3.72. The summed E-state index contributed by atoms with van der Waals surface area (Å²) in [6.07, 6.45) is 0.430. The molecule has 6 heteroatoms. The van der Waals surface area contributed by atoms with Crippen molar-refractivity contribution in [2.24, 2.45) is 11.0 Å². The van der Waals surface area contributed by atoms with Crippen molar-refractivity contribution in [1.82, 2.24) is 10.4 Å². The van der Waals surface area contributed by atoms with Crippen molar-refractivity contribution in [2.45, 2.75) is 13.3 Å². The molecule has 0 bridgehead atoms. The van der Waals surface area contributed by atoms with Crippen LogP contribution in [0.2, 0.25) is 0 Å². The van der Waals surface area contributed by atoms with Crippen molar-refractivity contribution in [2.75, 3.05) is 7.11 Å². The highest BCUT2D eigenvalue weighted by Gasteiger charge is 2.22. The highest BCUT2D eigenvalue weighted by Crippen LogP contribution is 2.32. The molecule has 126 valence electrons. The lowest BCUT2D eigenvalue weighted by Gasteiger charge is -2.18. The minimum Gasteiger partial charge on any atom is -0.496 e. The highest BCUT2D eigenvalue weighted by atomic mass is 16.5. The molecule has 0 spiro atoms. The second kappa shape index (κ2) is 6.05. The van der Waals surface area contributed by atoms with E-state index in [0.717, 1.165) is 22.4 Å². The molecule has 3 aromatic rings. The van der Waals surface area contributed by atoms with E-state index in [0.29, 0.717) is 23.6 Å². The van der Waals surface area contributed by atoms with Crippen LogP contribution < -0.4 is 10.2 Å².